The minimum atomic E-state index is -1.00. The normalized spacial score (nSPS) is 14.0. The van der Waals surface area contributed by atoms with E-state index in [-0.39, 0.29) is 6.42 Å². The minimum Gasteiger partial charge on any atom is -0.300 e. The van der Waals surface area contributed by atoms with Crippen LogP contribution >= 0.6 is 11.3 Å². The first-order valence-electron chi connectivity index (χ1n) is 10.2. The van der Waals surface area contributed by atoms with Gasteiger partial charge in [0.05, 0.1) is 21.3 Å². The molecule has 0 saturated carbocycles. The average Bonchev–Trinajstić information content (AvgIpc) is 3.30. The van der Waals surface area contributed by atoms with Crippen molar-refractivity contribution >= 4 is 44.4 Å². The van der Waals surface area contributed by atoms with Crippen molar-refractivity contribution in [1.82, 2.24) is 9.88 Å². The van der Waals surface area contributed by atoms with Gasteiger partial charge in [0, 0.05) is 6.42 Å². The highest BCUT2D eigenvalue weighted by Gasteiger charge is 2.42. The van der Waals surface area contributed by atoms with Gasteiger partial charge in [0.1, 0.15) is 6.04 Å². The number of nitrogens with one attached hydrogen (secondary N) is 1. The van der Waals surface area contributed by atoms with Crippen LogP contribution in [0.1, 0.15) is 31.8 Å². The third kappa shape index (κ3) is 3.56. The van der Waals surface area contributed by atoms with Gasteiger partial charge >= 0.3 is 0 Å². The molecule has 3 aromatic carbocycles. The van der Waals surface area contributed by atoms with Crippen LogP contribution in [-0.2, 0) is 11.2 Å². The number of thiazole rings is 1. The molecule has 4 aromatic rings. The Bertz CT molecular complexity index is 1330. The van der Waals surface area contributed by atoms with Crippen LogP contribution in [0.5, 0.6) is 0 Å². The Morgan fingerprint density at radius 3 is 2.31 bits per heavy atom. The topological polar surface area (TPSA) is 79.4 Å². The maximum Gasteiger partial charge on any atom is 0.262 e. The fraction of sp³-hybridized carbons (Fsp3) is 0.120. The number of carbonyl (C=O) groups is 3. The smallest absolute Gasteiger partial charge is 0.262 e. The van der Waals surface area contributed by atoms with Gasteiger partial charge in [0.2, 0.25) is 5.91 Å². The van der Waals surface area contributed by atoms with Crippen LogP contribution in [-0.4, -0.2) is 33.6 Å². The van der Waals surface area contributed by atoms with Crippen molar-refractivity contribution in [2.45, 2.75) is 19.4 Å². The zero-order valence-corrected chi connectivity index (χ0v) is 18.1. The van der Waals surface area contributed by atoms with Gasteiger partial charge in [-0.05, 0) is 42.3 Å². The molecular weight excluding hydrogens is 422 g/mol. The summed E-state index contributed by atoms with van der Waals surface area (Å²) in [6.07, 6.45) is 0.210. The van der Waals surface area contributed by atoms with E-state index in [4.69, 9.17) is 0 Å². The van der Waals surface area contributed by atoms with Gasteiger partial charge in [-0.1, -0.05) is 59.9 Å². The molecule has 0 saturated heterocycles. The monoisotopic (exact) mass is 441 g/mol. The van der Waals surface area contributed by atoms with Crippen molar-refractivity contribution in [2.75, 3.05) is 5.32 Å². The predicted molar refractivity (Wildman–Crippen MR) is 124 cm³/mol. The Morgan fingerprint density at radius 1 is 0.969 bits per heavy atom. The van der Waals surface area contributed by atoms with E-state index in [1.165, 1.54) is 11.3 Å². The van der Waals surface area contributed by atoms with Crippen LogP contribution in [0.3, 0.4) is 0 Å². The number of aromatic nitrogens is 1. The summed E-state index contributed by atoms with van der Waals surface area (Å²) in [5.74, 6) is -1.36. The number of hydrogen-bond donors (Lipinski definition) is 1. The second-order valence-corrected chi connectivity index (χ2v) is 8.74. The lowest BCUT2D eigenvalue weighted by Crippen LogP contribution is -2.48. The summed E-state index contributed by atoms with van der Waals surface area (Å²) in [4.78, 5) is 45.1. The first-order valence-corrected chi connectivity index (χ1v) is 11.0. The molecule has 0 fully saturated rings. The van der Waals surface area contributed by atoms with Crippen molar-refractivity contribution in [1.29, 1.82) is 0 Å². The maximum atomic E-state index is 13.4. The van der Waals surface area contributed by atoms with Gasteiger partial charge in [-0.15, -0.1) is 0 Å². The van der Waals surface area contributed by atoms with Crippen LogP contribution in [0.4, 0.5) is 5.13 Å². The second-order valence-electron chi connectivity index (χ2n) is 7.71. The molecule has 2 heterocycles. The lowest BCUT2D eigenvalue weighted by atomic mass is 10.0. The molecule has 5 rings (SSSR count). The Labute approximate surface area is 188 Å². The predicted octanol–water partition coefficient (Wildman–Crippen LogP) is 4.45. The number of aryl methyl sites for hydroxylation is 1. The summed E-state index contributed by atoms with van der Waals surface area (Å²) in [6.45, 7) is 2.00. The number of amides is 3. The quantitative estimate of drug-likeness (QED) is 0.464. The molecule has 7 heteroatoms. The van der Waals surface area contributed by atoms with E-state index in [0.717, 1.165) is 26.2 Å². The van der Waals surface area contributed by atoms with Gasteiger partial charge in [-0.2, -0.15) is 0 Å². The number of carbonyl (C=O) groups excluding carboxylic acids is 3. The Balaban J connectivity index is 1.49. The van der Waals surface area contributed by atoms with Crippen LogP contribution in [0, 0.1) is 6.92 Å². The first kappa shape index (κ1) is 20.1. The van der Waals surface area contributed by atoms with Crippen molar-refractivity contribution in [3.63, 3.8) is 0 Å². The molecule has 1 N–H and O–H groups in total. The molecule has 158 valence electrons. The molecule has 1 aliphatic heterocycles. The van der Waals surface area contributed by atoms with Gasteiger partial charge < -0.3 is 5.32 Å². The summed E-state index contributed by atoms with van der Waals surface area (Å²) < 4.78 is 0.959. The maximum absolute atomic E-state index is 13.4. The highest BCUT2D eigenvalue weighted by Crippen LogP contribution is 2.29. The largest absolute Gasteiger partial charge is 0.300 e. The molecule has 0 bridgehead atoms. The van der Waals surface area contributed by atoms with Crippen LogP contribution in [0.25, 0.3) is 10.2 Å². The summed E-state index contributed by atoms with van der Waals surface area (Å²) in [5.41, 5.74) is 3.38. The Kier molecular flexibility index (Phi) is 5.03. The molecule has 1 aliphatic rings. The average molecular weight is 442 g/mol. The highest BCUT2D eigenvalue weighted by atomic mass is 32.1. The van der Waals surface area contributed by atoms with E-state index in [2.05, 4.69) is 10.3 Å². The van der Waals surface area contributed by atoms with E-state index in [0.29, 0.717) is 16.3 Å². The number of imide groups is 1. The molecule has 3 amide bonds. The van der Waals surface area contributed by atoms with Crippen molar-refractivity contribution < 1.29 is 14.4 Å². The third-order valence-corrected chi connectivity index (χ3v) is 6.42. The van der Waals surface area contributed by atoms with Crippen molar-refractivity contribution in [2.24, 2.45) is 0 Å². The molecule has 1 aromatic heterocycles. The summed E-state index contributed by atoms with van der Waals surface area (Å²) >= 11 is 1.36. The van der Waals surface area contributed by atoms with E-state index in [1.54, 1.807) is 24.3 Å². The number of benzene rings is 3. The Morgan fingerprint density at radius 2 is 1.62 bits per heavy atom. The van der Waals surface area contributed by atoms with Crippen molar-refractivity contribution in [3.05, 3.63) is 95.1 Å². The number of nitrogens with zero attached hydrogens (tertiary/aromatic N) is 2. The van der Waals surface area contributed by atoms with E-state index >= 15 is 0 Å². The fourth-order valence-electron chi connectivity index (χ4n) is 3.90. The molecule has 6 nitrogen and oxygen atoms in total. The van der Waals surface area contributed by atoms with Gasteiger partial charge in [-0.3, -0.25) is 19.3 Å². The third-order valence-electron chi connectivity index (χ3n) is 5.49. The summed E-state index contributed by atoms with van der Waals surface area (Å²) in [6, 6.07) is 20.9. The van der Waals surface area contributed by atoms with Gasteiger partial charge in [0.15, 0.2) is 5.13 Å². The van der Waals surface area contributed by atoms with Crippen LogP contribution in [0.15, 0.2) is 72.8 Å². The summed E-state index contributed by atoms with van der Waals surface area (Å²) in [5, 5.41) is 3.27. The summed E-state index contributed by atoms with van der Waals surface area (Å²) in [7, 11) is 0. The SMILES string of the molecule is Cc1ccc2nc(NC(=O)[C@@H](Cc3ccccc3)N3C(=O)c4ccccc4C3=O)sc2c1. The molecule has 0 unspecified atom stereocenters. The first-order chi connectivity index (χ1) is 15.5. The molecule has 1 atom stereocenters. The number of hydrogen-bond acceptors (Lipinski definition) is 5. The highest BCUT2D eigenvalue weighted by molar-refractivity contribution is 7.22. The van der Waals surface area contributed by atoms with Gasteiger partial charge in [0.25, 0.3) is 11.8 Å². The van der Waals surface area contributed by atoms with E-state index < -0.39 is 23.8 Å². The van der Waals surface area contributed by atoms with Crippen LogP contribution < -0.4 is 5.32 Å². The second kappa shape index (κ2) is 8.01. The van der Waals surface area contributed by atoms with Gasteiger partial charge in [-0.25, -0.2) is 4.98 Å². The Hall–Kier alpha value is -3.84. The minimum absolute atomic E-state index is 0.210. The zero-order chi connectivity index (χ0) is 22.2. The number of rotatable bonds is 5. The molecular formula is C25H19N3O3S. The molecule has 0 spiro atoms. The fourth-order valence-corrected chi connectivity index (χ4v) is 4.87. The lowest BCUT2D eigenvalue weighted by Gasteiger charge is -2.25. The van der Waals surface area contributed by atoms with E-state index in [9.17, 15) is 14.4 Å². The number of anilines is 1. The molecule has 0 radical (unpaired) electrons. The van der Waals surface area contributed by atoms with Crippen molar-refractivity contribution in [3.8, 4) is 0 Å². The van der Waals surface area contributed by atoms with Crippen LogP contribution in [0.2, 0.25) is 0 Å². The zero-order valence-electron chi connectivity index (χ0n) is 17.2. The number of fused-ring (bicyclic) bond motifs is 2. The van der Waals surface area contributed by atoms with E-state index in [1.807, 2.05) is 55.5 Å². The molecule has 0 aliphatic carbocycles. The molecule has 32 heavy (non-hydrogen) atoms. The standard InChI is InChI=1S/C25H19N3O3S/c1-15-11-12-19-21(13-15)32-25(26-19)27-22(29)20(14-16-7-3-2-4-8-16)28-23(30)17-9-5-6-10-18(17)24(28)31/h2-13,20H,14H2,1H3,(H,26,27,29)/t20-/m1/s1. The lowest BCUT2D eigenvalue weighted by molar-refractivity contribution is -0.119.